The van der Waals surface area contributed by atoms with Crippen LogP contribution in [0.2, 0.25) is 0 Å². The highest BCUT2D eigenvalue weighted by Gasteiger charge is 2.31. The van der Waals surface area contributed by atoms with Crippen molar-refractivity contribution in [3.05, 3.63) is 6.20 Å². The fourth-order valence-corrected chi connectivity index (χ4v) is 2.59. The quantitative estimate of drug-likeness (QED) is 0.679. The number of hydrogen-bond acceptors (Lipinski definition) is 9. The van der Waals surface area contributed by atoms with Crippen LogP contribution < -0.4 is 15.5 Å². The summed E-state index contributed by atoms with van der Waals surface area (Å²) in [7, 11) is 0. The van der Waals surface area contributed by atoms with Crippen molar-refractivity contribution in [3.63, 3.8) is 0 Å². The van der Waals surface area contributed by atoms with Gasteiger partial charge in [-0.25, -0.2) is 4.98 Å². The van der Waals surface area contributed by atoms with Gasteiger partial charge in [-0.1, -0.05) is 0 Å². The molecule has 2 rings (SSSR count). The van der Waals surface area contributed by atoms with Crippen molar-refractivity contribution in [2.24, 2.45) is 5.92 Å². The minimum atomic E-state index is -0.396. The van der Waals surface area contributed by atoms with Crippen LogP contribution in [0.25, 0.3) is 0 Å². The molecule has 142 valence electrons. The maximum Gasteiger partial charge on any atom is 0.302 e. The Labute approximate surface area is 151 Å². The van der Waals surface area contributed by atoms with Crippen molar-refractivity contribution in [2.75, 3.05) is 42.0 Å². The summed E-state index contributed by atoms with van der Waals surface area (Å²) in [5, 5.41) is 0. The molecule has 2 heterocycles. The average Bonchev–Trinajstić information content (AvgIpc) is 2.92. The van der Waals surface area contributed by atoms with Gasteiger partial charge in [0.05, 0.1) is 26.1 Å². The summed E-state index contributed by atoms with van der Waals surface area (Å²) >= 11 is 0. The van der Waals surface area contributed by atoms with Crippen LogP contribution in [0.5, 0.6) is 0 Å². The summed E-state index contributed by atoms with van der Waals surface area (Å²) in [6, 6.07) is 0. The monoisotopic (exact) mass is 365 g/mol. The lowest BCUT2D eigenvalue weighted by atomic mass is 10.1. The average molecular weight is 365 g/mol. The smallest absolute Gasteiger partial charge is 0.302 e. The zero-order valence-electron chi connectivity index (χ0n) is 15.1. The Morgan fingerprint density at radius 1 is 1.19 bits per heavy atom. The zero-order chi connectivity index (χ0) is 19.3. The standard InChI is InChI=1S/C16H23N5O5/c1-10(22)21-9-20(15-14(21)6-18-16(17)19-15)5-4-13(7-25-11(2)23)8-26-12(3)24/h6,13H,4-5,7-9H2,1-3H3,(H2,17,18,19). The first kappa shape index (κ1) is 19.4. The maximum absolute atomic E-state index is 11.8. The van der Waals surface area contributed by atoms with Gasteiger partial charge in [0, 0.05) is 33.2 Å². The normalized spacial score (nSPS) is 12.9. The van der Waals surface area contributed by atoms with Crippen molar-refractivity contribution in [2.45, 2.75) is 27.2 Å². The maximum atomic E-state index is 11.8. The molecule has 0 saturated carbocycles. The van der Waals surface area contributed by atoms with Crippen LogP contribution >= 0.6 is 0 Å². The van der Waals surface area contributed by atoms with Crippen LogP contribution in [0.15, 0.2) is 6.20 Å². The first-order valence-electron chi connectivity index (χ1n) is 8.20. The van der Waals surface area contributed by atoms with Crippen LogP contribution in [-0.4, -0.2) is 54.2 Å². The van der Waals surface area contributed by atoms with Gasteiger partial charge in [0.1, 0.15) is 5.69 Å². The highest BCUT2D eigenvalue weighted by molar-refractivity contribution is 5.97. The van der Waals surface area contributed by atoms with Crippen LogP contribution in [0.1, 0.15) is 27.2 Å². The van der Waals surface area contributed by atoms with Crippen LogP contribution in [0.3, 0.4) is 0 Å². The summed E-state index contributed by atoms with van der Waals surface area (Å²) < 4.78 is 10.1. The van der Waals surface area contributed by atoms with Gasteiger partial charge in [0.15, 0.2) is 5.82 Å². The molecule has 0 bridgehead atoms. The van der Waals surface area contributed by atoms with Crippen molar-refractivity contribution >= 4 is 35.3 Å². The Morgan fingerprint density at radius 2 is 1.81 bits per heavy atom. The van der Waals surface area contributed by atoms with Crippen molar-refractivity contribution in [3.8, 4) is 0 Å². The molecule has 0 saturated heterocycles. The number of nitrogens with two attached hydrogens (primary N) is 1. The molecule has 0 atom stereocenters. The molecule has 1 aliphatic rings. The minimum absolute atomic E-state index is 0.121. The van der Waals surface area contributed by atoms with E-state index in [1.165, 1.54) is 27.0 Å². The van der Waals surface area contributed by atoms with Gasteiger partial charge >= 0.3 is 11.9 Å². The Morgan fingerprint density at radius 3 is 2.35 bits per heavy atom. The number of ether oxygens (including phenoxy) is 2. The molecule has 1 aliphatic heterocycles. The third kappa shape index (κ3) is 5.04. The lowest BCUT2D eigenvalue weighted by Crippen LogP contribution is -2.35. The number of aromatic nitrogens is 2. The van der Waals surface area contributed by atoms with Crippen molar-refractivity contribution < 1.29 is 23.9 Å². The van der Waals surface area contributed by atoms with Gasteiger partial charge in [-0.05, 0) is 6.42 Å². The van der Waals surface area contributed by atoms with Gasteiger partial charge in [0.2, 0.25) is 11.9 Å². The SMILES string of the molecule is CC(=O)OCC(CCN1CN(C(C)=O)c2cnc(N)nc21)COC(C)=O. The van der Waals surface area contributed by atoms with Gasteiger partial charge in [0.25, 0.3) is 0 Å². The zero-order valence-corrected chi connectivity index (χ0v) is 15.1. The lowest BCUT2D eigenvalue weighted by molar-refractivity contribution is -0.146. The summed E-state index contributed by atoms with van der Waals surface area (Å²) in [4.78, 5) is 45.5. The number of amides is 1. The molecular formula is C16H23N5O5. The van der Waals surface area contributed by atoms with Crippen molar-refractivity contribution in [1.82, 2.24) is 9.97 Å². The summed E-state index contributed by atoms with van der Waals surface area (Å²) in [6.07, 6.45) is 2.09. The van der Waals surface area contributed by atoms with Crippen LogP contribution in [0, 0.1) is 5.92 Å². The van der Waals surface area contributed by atoms with E-state index in [4.69, 9.17) is 15.2 Å². The molecule has 0 unspecified atom stereocenters. The highest BCUT2D eigenvalue weighted by Crippen LogP contribution is 2.34. The second-order valence-corrected chi connectivity index (χ2v) is 6.05. The summed E-state index contributed by atoms with van der Waals surface area (Å²) in [6.45, 7) is 5.25. The molecule has 10 heteroatoms. The Kier molecular flexibility index (Phi) is 6.31. The van der Waals surface area contributed by atoms with E-state index in [0.717, 1.165) is 0 Å². The topological polar surface area (TPSA) is 128 Å². The number of nitrogens with zero attached hydrogens (tertiary/aromatic N) is 4. The molecule has 10 nitrogen and oxygen atoms in total. The number of anilines is 3. The minimum Gasteiger partial charge on any atom is -0.465 e. The molecule has 0 aromatic carbocycles. The molecule has 0 radical (unpaired) electrons. The number of esters is 2. The fraction of sp³-hybridized carbons (Fsp3) is 0.562. The Bertz CT molecular complexity index is 678. The second kappa shape index (κ2) is 8.45. The first-order chi connectivity index (χ1) is 12.3. The molecule has 1 aromatic heterocycles. The van der Waals surface area contributed by atoms with Gasteiger partial charge in [-0.15, -0.1) is 0 Å². The van der Waals surface area contributed by atoms with E-state index in [9.17, 15) is 14.4 Å². The molecule has 0 fully saturated rings. The molecular weight excluding hydrogens is 342 g/mol. The molecule has 2 N–H and O–H groups in total. The molecule has 0 spiro atoms. The number of carbonyl (C=O) groups excluding carboxylic acids is 3. The van der Waals surface area contributed by atoms with E-state index in [1.807, 2.05) is 4.90 Å². The molecule has 1 amide bonds. The number of rotatable bonds is 7. The van der Waals surface area contributed by atoms with Crippen LogP contribution in [-0.2, 0) is 23.9 Å². The molecule has 1 aromatic rings. The third-order valence-corrected chi connectivity index (χ3v) is 3.90. The first-order valence-corrected chi connectivity index (χ1v) is 8.20. The van der Waals surface area contributed by atoms with Gasteiger partial charge < -0.3 is 20.1 Å². The molecule has 26 heavy (non-hydrogen) atoms. The summed E-state index contributed by atoms with van der Waals surface area (Å²) in [5.74, 6) is -0.391. The lowest BCUT2D eigenvalue weighted by Gasteiger charge is -2.22. The van der Waals surface area contributed by atoms with E-state index in [-0.39, 0.29) is 31.0 Å². The number of carbonyl (C=O) groups is 3. The van der Waals surface area contributed by atoms with E-state index in [1.54, 1.807) is 4.90 Å². The molecule has 0 aliphatic carbocycles. The van der Waals surface area contributed by atoms with Crippen LogP contribution in [0.4, 0.5) is 17.5 Å². The van der Waals surface area contributed by atoms with E-state index in [2.05, 4.69) is 9.97 Å². The Hall–Kier alpha value is -2.91. The van der Waals surface area contributed by atoms with Gasteiger partial charge in [-0.2, -0.15) is 4.98 Å². The largest absolute Gasteiger partial charge is 0.465 e. The second-order valence-electron chi connectivity index (χ2n) is 6.05. The van der Waals surface area contributed by atoms with Crippen molar-refractivity contribution in [1.29, 1.82) is 0 Å². The predicted octanol–water partition coefficient (Wildman–Crippen LogP) is 0.322. The van der Waals surface area contributed by atoms with Gasteiger partial charge in [-0.3, -0.25) is 19.3 Å². The Balaban J connectivity index is 2.05. The third-order valence-electron chi connectivity index (χ3n) is 3.90. The number of hydrogen-bond donors (Lipinski definition) is 1. The number of fused-ring (bicyclic) bond motifs is 1. The van der Waals surface area contributed by atoms with E-state index >= 15 is 0 Å². The van der Waals surface area contributed by atoms with E-state index < -0.39 is 11.9 Å². The predicted molar refractivity (Wildman–Crippen MR) is 93.2 cm³/mol. The summed E-state index contributed by atoms with van der Waals surface area (Å²) in [5.41, 5.74) is 6.27. The van der Waals surface area contributed by atoms with E-state index in [0.29, 0.717) is 31.1 Å². The fourth-order valence-electron chi connectivity index (χ4n) is 2.59. The number of nitrogen functional groups attached to an aromatic ring is 1. The highest BCUT2D eigenvalue weighted by atomic mass is 16.5.